The minimum Gasteiger partial charge on any atom is -0.311 e. The summed E-state index contributed by atoms with van der Waals surface area (Å²) in [5.41, 5.74) is 2.03. The number of nitrogens with zero attached hydrogens (tertiary/aromatic N) is 4. The molecule has 4 nitrogen and oxygen atoms in total. The van der Waals surface area contributed by atoms with Crippen LogP contribution in [0.4, 0.5) is 0 Å². The zero-order valence-electron chi connectivity index (χ0n) is 12.0. The number of aromatic nitrogens is 3. The third-order valence-corrected chi connectivity index (χ3v) is 4.17. The molecule has 1 atom stereocenters. The van der Waals surface area contributed by atoms with Crippen molar-refractivity contribution in [3.05, 3.63) is 24.2 Å². The van der Waals surface area contributed by atoms with Crippen LogP contribution in [0.3, 0.4) is 0 Å². The van der Waals surface area contributed by atoms with Crippen molar-refractivity contribution in [2.75, 3.05) is 6.54 Å². The Bertz CT molecular complexity index is 573. The van der Waals surface area contributed by atoms with Crippen molar-refractivity contribution in [1.29, 1.82) is 0 Å². The van der Waals surface area contributed by atoms with E-state index in [0.717, 1.165) is 23.5 Å². The zero-order chi connectivity index (χ0) is 13.4. The van der Waals surface area contributed by atoms with Gasteiger partial charge in [0.1, 0.15) is 11.3 Å². The summed E-state index contributed by atoms with van der Waals surface area (Å²) in [6.07, 6.45) is 4.45. The Hall–Kier alpha value is -1.42. The van der Waals surface area contributed by atoms with E-state index in [1.807, 2.05) is 18.3 Å². The molecule has 3 rings (SSSR count). The molecule has 0 aliphatic carbocycles. The van der Waals surface area contributed by atoms with Crippen LogP contribution in [0.5, 0.6) is 0 Å². The summed E-state index contributed by atoms with van der Waals surface area (Å²) in [6, 6.07) is 5.24. The van der Waals surface area contributed by atoms with Crippen molar-refractivity contribution in [2.24, 2.45) is 0 Å². The fourth-order valence-corrected chi connectivity index (χ4v) is 3.23. The first-order valence-corrected chi connectivity index (χ1v) is 7.20. The standard InChI is InChI=1S/C15H22N4/c1-11(2)18-9-5-6-13(18)10-19-12(3)17-14-7-4-8-16-15(14)19/h4,7-8,11,13H,5-6,9-10H2,1-3H3. The Labute approximate surface area is 114 Å². The first-order chi connectivity index (χ1) is 9.16. The van der Waals surface area contributed by atoms with Crippen molar-refractivity contribution >= 4 is 11.2 Å². The molecule has 0 aromatic carbocycles. The molecule has 0 N–H and O–H groups in total. The van der Waals surface area contributed by atoms with Crippen LogP contribution in [-0.2, 0) is 6.54 Å². The first kappa shape index (κ1) is 12.6. The molecule has 1 fully saturated rings. The van der Waals surface area contributed by atoms with Crippen molar-refractivity contribution in [2.45, 2.75) is 52.2 Å². The lowest BCUT2D eigenvalue weighted by atomic mass is 10.2. The van der Waals surface area contributed by atoms with Gasteiger partial charge in [-0.25, -0.2) is 9.97 Å². The highest BCUT2D eigenvalue weighted by molar-refractivity contribution is 5.71. The quantitative estimate of drug-likeness (QED) is 0.848. The van der Waals surface area contributed by atoms with Crippen LogP contribution in [-0.4, -0.2) is 38.1 Å². The highest BCUT2D eigenvalue weighted by atomic mass is 15.2. The molecule has 0 bridgehead atoms. The van der Waals surface area contributed by atoms with Gasteiger partial charge in [0.15, 0.2) is 5.65 Å². The van der Waals surface area contributed by atoms with Gasteiger partial charge in [-0.3, -0.25) is 4.90 Å². The molecular weight excluding hydrogens is 236 g/mol. The molecule has 0 saturated carbocycles. The van der Waals surface area contributed by atoms with E-state index in [1.54, 1.807) is 0 Å². The second-order valence-electron chi connectivity index (χ2n) is 5.74. The second kappa shape index (κ2) is 4.93. The van der Waals surface area contributed by atoms with Crippen LogP contribution >= 0.6 is 0 Å². The summed E-state index contributed by atoms with van der Waals surface area (Å²) in [4.78, 5) is 11.7. The number of imidazole rings is 1. The van der Waals surface area contributed by atoms with E-state index in [0.29, 0.717) is 12.1 Å². The summed E-state index contributed by atoms with van der Waals surface area (Å²) in [6.45, 7) is 8.89. The van der Waals surface area contributed by atoms with Gasteiger partial charge < -0.3 is 4.57 Å². The van der Waals surface area contributed by atoms with Crippen LogP contribution in [0.25, 0.3) is 11.2 Å². The van der Waals surface area contributed by atoms with Gasteiger partial charge in [-0.1, -0.05) is 0 Å². The maximum atomic E-state index is 4.61. The predicted octanol–water partition coefficient (Wildman–Crippen LogP) is 2.61. The molecule has 0 radical (unpaired) electrons. The van der Waals surface area contributed by atoms with Crippen LogP contribution in [0.15, 0.2) is 18.3 Å². The van der Waals surface area contributed by atoms with Crippen LogP contribution in [0, 0.1) is 6.92 Å². The highest BCUT2D eigenvalue weighted by Crippen LogP contribution is 2.23. The molecule has 102 valence electrons. The SMILES string of the molecule is Cc1nc2cccnc2n1CC1CCCN1C(C)C. The summed E-state index contributed by atoms with van der Waals surface area (Å²) < 4.78 is 2.28. The van der Waals surface area contributed by atoms with Crippen molar-refractivity contribution in [3.8, 4) is 0 Å². The van der Waals surface area contributed by atoms with E-state index in [2.05, 4.69) is 40.2 Å². The summed E-state index contributed by atoms with van der Waals surface area (Å²) in [5, 5.41) is 0. The first-order valence-electron chi connectivity index (χ1n) is 7.20. The predicted molar refractivity (Wildman–Crippen MR) is 77.1 cm³/mol. The number of aryl methyl sites for hydroxylation is 1. The van der Waals surface area contributed by atoms with E-state index in [1.165, 1.54) is 19.4 Å². The molecule has 0 amide bonds. The second-order valence-corrected chi connectivity index (χ2v) is 5.74. The average molecular weight is 258 g/mol. The third-order valence-electron chi connectivity index (χ3n) is 4.17. The Balaban J connectivity index is 1.91. The van der Waals surface area contributed by atoms with Crippen LogP contribution in [0.1, 0.15) is 32.5 Å². The fraction of sp³-hybridized carbons (Fsp3) is 0.600. The summed E-state index contributed by atoms with van der Waals surface area (Å²) in [7, 11) is 0. The topological polar surface area (TPSA) is 34.0 Å². The van der Waals surface area contributed by atoms with Crippen molar-refractivity contribution < 1.29 is 0 Å². The van der Waals surface area contributed by atoms with Gasteiger partial charge in [0.25, 0.3) is 0 Å². The van der Waals surface area contributed by atoms with Crippen LogP contribution in [0.2, 0.25) is 0 Å². The number of hydrogen-bond donors (Lipinski definition) is 0. The Kier molecular flexibility index (Phi) is 3.27. The van der Waals surface area contributed by atoms with Crippen LogP contribution < -0.4 is 0 Å². The molecule has 1 aliphatic heterocycles. The molecule has 1 saturated heterocycles. The molecule has 1 aliphatic rings. The molecule has 2 aromatic rings. The van der Waals surface area contributed by atoms with Gasteiger partial charge in [0.2, 0.25) is 0 Å². The van der Waals surface area contributed by atoms with E-state index < -0.39 is 0 Å². The third kappa shape index (κ3) is 2.25. The molecule has 4 heteroatoms. The lowest BCUT2D eigenvalue weighted by Crippen LogP contribution is -2.38. The number of rotatable bonds is 3. The van der Waals surface area contributed by atoms with Crippen molar-refractivity contribution in [3.63, 3.8) is 0 Å². The number of likely N-dealkylation sites (tertiary alicyclic amines) is 1. The zero-order valence-corrected chi connectivity index (χ0v) is 12.0. The van der Waals surface area contributed by atoms with Gasteiger partial charge in [0.05, 0.1) is 0 Å². The Morgan fingerprint density at radius 1 is 1.42 bits per heavy atom. The molecule has 2 aromatic heterocycles. The summed E-state index contributed by atoms with van der Waals surface area (Å²) >= 11 is 0. The van der Waals surface area contributed by atoms with Gasteiger partial charge in [-0.15, -0.1) is 0 Å². The van der Waals surface area contributed by atoms with E-state index in [4.69, 9.17) is 0 Å². The van der Waals surface area contributed by atoms with Gasteiger partial charge in [0, 0.05) is 24.8 Å². The molecule has 19 heavy (non-hydrogen) atoms. The largest absolute Gasteiger partial charge is 0.311 e. The van der Waals surface area contributed by atoms with E-state index in [-0.39, 0.29) is 0 Å². The fourth-order valence-electron chi connectivity index (χ4n) is 3.23. The maximum absolute atomic E-state index is 4.61. The summed E-state index contributed by atoms with van der Waals surface area (Å²) in [5.74, 6) is 1.07. The molecule has 3 heterocycles. The van der Waals surface area contributed by atoms with Crippen molar-refractivity contribution in [1.82, 2.24) is 19.4 Å². The monoisotopic (exact) mass is 258 g/mol. The van der Waals surface area contributed by atoms with Gasteiger partial charge in [-0.05, 0) is 52.3 Å². The number of hydrogen-bond acceptors (Lipinski definition) is 3. The Morgan fingerprint density at radius 3 is 3.05 bits per heavy atom. The molecular formula is C15H22N4. The highest BCUT2D eigenvalue weighted by Gasteiger charge is 2.27. The van der Waals surface area contributed by atoms with E-state index in [9.17, 15) is 0 Å². The lowest BCUT2D eigenvalue weighted by Gasteiger charge is -2.28. The Morgan fingerprint density at radius 2 is 2.26 bits per heavy atom. The average Bonchev–Trinajstić information content (AvgIpc) is 2.96. The van der Waals surface area contributed by atoms with E-state index >= 15 is 0 Å². The number of pyridine rings is 1. The maximum Gasteiger partial charge on any atom is 0.160 e. The van der Waals surface area contributed by atoms with Gasteiger partial charge >= 0.3 is 0 Å². The molecule has 1 unspecified atom stereocenters. The smallest absolute Gasteiger partial charge is 0.160 e. The van der Waals surface area contributed by atoms with Gasteiger partial charge in [-0.2, -0.15) is 0 Å². The molecule has 0 spiro atoms. The minimum atomic E-state index is 0.621. The normalized spacial score (nSPS) is 20.7. The lowest BCUT2D eigenvalue weighted by molar-refractivity contribution is 0.187. The minimum absolute atomic E-state index is 0.621. The number of fused-ring (bicyclic) bond motifs is 1.